The van der Waals surface area contributed by atoms with E-state index in [-0.39, 0.29) is 18.4 Å². The topological polar surface area (TPSA) is 93.5 Å². The fourth-order valence-electron chi connectivity index (χ4n) is 1.48. The molecular weight excluding hydrogens is 246 g/mol. The molecule has 0 bridgehead atoms. The number of ether oxygens (including phenoxy) is 1. The van der Waals surface area contributed by atoms with E-state index in [1.807, 2.05) is 6.92 Å². The third kappa shape index (κ3) is 4.50. The Labute approximate surface area is 112 Å². The van der Waals surface area contributed by atoms with E-state index in [0.29, 0.717) is 23.5 Å². The van der Waals surface area contributed by atoms with Gasteiger partial charge in [-0.3, -0.25) is 9.59 Å². The highest BCUT2D eigenvalue weighted by molar-refractivity contribution is 5.99. The largest absolute Gasteiger partial charge is 0.496 e. The summed E-state index contributed by atoms with van der Waals surface area (Å²) in [4.78, 5) is 23.3. The molecule has 0 fully saturated rings. The predicted molar refractivity (Wildman–Crippen MR) is 73.0 cm³/mol. The Morgan fingerprint density at radius 1 is 1.32 bits per heavy atom. The molecule has 0 heterocycles. The standard InChI is InChI=1S/C13H19N3O3/c1-3-6-15-12(17)8-16-13(18)10-5-4-9(14)7-11(10)19-2/h4-5,7H,3,6,8,14H2,1-2H3,(H,15,17)(H,16,18). The van der Waals surface area contributed by atoms with Crippen LogP contribution in [-0.4, -0.2) is 32.0 Å². The zero-order valence-electron chi connectivity index (χ0n) is 11.2. The molecule has 2 amide bonds. The summed E-state index contributed by atoms with van der Waals surface area (Å²) in [6.45, 7) is 2.49. The Morgan fingerprint density at radius 3 is 2.68 bits per heavy atom. The number of rotatable bonds is 6. The second kappa shape index (κ2) is 7.25. The highest BCUT2D eigenvalue weighted by atomic mass is 16.5. The van der Waals surface area contributed by atoms with Crippen LogP contribution in [-0.2, 0) is 4.79 Å². The SMILES string of the molecule is CCCNC(=O)CNC(=O)c1ccc(N)cc1OC. The van der Waals surface area contributed by atoms with E-state index < -0.39 is 0 Å². The Hall–Kier alpha value is -2.24. The number of anilines is 1. The monoisotopic (exact) mass is 265 g/mol. The number of nitrogens with two attached hydrogens (primary N) is 1. The molecule has 0 aromatic heterocycles. The zero-order valence-corrected chi connectivity index (χ0v) is 11.2. The van der Waals surface area contributed by atoms with Crippen molar-refractivity contribution in [3.8, 4) is 5.75 Å². The van der Waals surface area contributed by atoms with Crippen molar-refractivity contribution >= 4 is 17.5 Å². The van der Waals surface area contributed by atoms with E-state index in [1.165, 1.54) is 7.11 Å². The molecule has 6 heteroatoms. The maximum atomic E-state index is 11.9. The molecule has 19 heavy (non-hydrogen) atoms. The molecule has 4 N–H and O–H groups in total. The Kier molecular flexibility index (Phi) is 5.66. The van der Waals surface area contributed by atoms with Gasteiger partial charge in [-0.25, -0.2) is 0 Å². The van der Waals surface area contributed by atoms with E-state index >= 15 is 0 Å². The number of hydrogen-bond donors (Lipinski definition) is 3. The van der Waals surface area contributed by atoms with E-state index in [2.05, 4.69) is 10.6 Å². The van der Waals surface area contributed by atoms with E-state index in [9.17, 15) is 9.59 Å². The fourth-order valence-corrected chi connectivity index (χ4v) is 1.48. The molecule has 0 spiro atoms. The fraction of sp³-hybridized carbons (Fsp3) is 0.385. The Morgan fingerprint density at radius 2 is 2.05 bits per heavy atom. The summed E-state index contributed by atoms with van der Waals surface area (Å²) in [7, 11) is 1.46. The summed E-state index contributed by atoms with van der Waals surface area (Å²) in [5.74, 6) is -0.209. The minimum absolute atomic E-state index is 0.0631. The molecule has 1 aromatic carbocycles. The van der Waals surface area contributed by atoms with Crippen molar-refractivity contribution in [3.63, 3.8) is 0 Å². The second-order valence-corrected chi connectivity index (χ2v) is 3.99. The molecule has 0 atom stereocenters. The van der Waals surface area contributed by atoms with Gasteiger partial charge in [0.2, 0.25) is 5.91 Å². The van der Waals surface area contributed by atoms with Crippen LogP contribution in [0.5, 0.6) is 5.75 Å². The number of methoxy groups -OCH3 is 1. The normalized spacial score (nSPS) is 9.79. The van der Waals surface area contributed by atoms with Crippen LogP contribution in [0.4, 0.5) is 5.69 Å². The molecule has 0 aliphatic heterocycles. The number of amides is 2. The van der Waals surface area contributed by atoms with Crippen molar-refractivity contribution in [2.75, 3.05) is 25.9 Å². The lowest BCUT2D eigenvalue weighted by molar-refractivity contribution is -0.120. The number of carbonyl (C=O) groups is 2. The van der Waals surface area contributed by atoms with E-state index in [4.69, 9.17) is 10.5 Å². The Balaban J connectivity index is 2.61. The molecule has 0 unspecified atom stereocenters. The van der Waals surface area contributed by atoms with Crippen LogP contribution >= 0.6 is 0 Å². The summed E-state index contributed by atoms with van der Waals surface area (Å²) in [5, 5.41) is 5.20. The number of hydrogen-bond acceptors (Lipinski definition) is 4. The first-order chi connectivity index (χ1) is 9.08. The van der Waals surface area contributed by atoms with E-state index in [0.717, 1.165) is 6.42 Å². The first kappa shape index (κ1) is 14.8. The van der Waals surface area contributed by atoms with Gasteiger partial charge in [0.15, 0.2) is 0 Å². The number of nitrogens with one attached hydrogen (secondary N) is 2. The van der Waals surface area contributed by atoms with Crippen molar-refractivity contribution in [2.24, 2.45) is 0 Å². The third-order valence-electron chi connectivity index (χ3n) is 2.45. The third-order valence-corrected chi connectivity index (χ3v) is 2.45. The first-order valence-corrected chi connectivity index (χ1v) is 6.07. The molecule has 0 aliphatic rings. The minimum atomic E-state index is -0.372. The molecule has 0 saturated carbocycles. The maximum Gasteiger partial charge on any atom is 0.255 e. The minimum Gasteiger partial charge on any atom is -0.496 e. The summed E-state index contributed by atoms with van der Waals surface area (Å²) in [5.41, 5.74) is 6.46. The van der Waals surface area contributed by atoms with Crippen molar-refractivity contribution in [2.45, 2.75) is 13.3 Å². The van der Waals surface area contributed by atoms with Crippen LogP contribution in [0.3, 0.4) is 0 Å². The van der Waals surface area contributed by atoms with Gasteiger partial charge in [-0.1, -0.05) is 6.92 Å². The molecule has 1 aromatic rings. The molecule has 0 aliphatic carbocycles. The van der Waals surface area contributed by atoms with Gasteiger partial charge in [-0.05, 0) is 18.6 Å². The first-order valence-electron chi connectivity index (χ1n) is 6.07. The molecule has 104 valence electrons. The lowest BCUT2D eigenvalue weighted by Crippen LogP contribution is -2.37. The molecule has 6 nitrogen and oxygen atoms in total. The quantitative estimate of drug-likeness (QED) is 0.654. The van der Waals surface area contributed by atoms with Crippen molar-refractivity contribution < 1.29 is 14.3 Å². The molecule has 0 radical (unpaired) electrons. The van der Waals surface area contributed by atoms with Crippen molar-refractivity contribution in [1.82, 2.24) is 10.6 Å². The van der Waals surface area contributed by atoms with Crippen LogP contribution in [0.1, 0.15) is 23.7 Å². The van der Waals surface area contributed by atoms with Crippen LogP contribution in [0, 0.1) is 0 Å². The second-order valence-electron chi connectivity index (χ2n) is 3.99. The highest BCUT2D eigenvalue weighted by Crippen LogP contribution is 2.21. The van der Waals surface area contributed by atoms with Crippen LogP contribution < -0.4 is 21.1 Å². The highest BCUT2D eigenvalue weighted by Gasteiger charge is 2.13. The average molecular weight is 265 g/mol. The van der Waals surface area contributed by atoms with Gasteiger partial charge in [-0.15, -0.1) is 0 Å². The number of benzene rings is 1. The van der Waals surface area contributed by atoms with Crippen LogP contribution in [0.2, 0.25) is 0 Å². The molecule has 0 saturated heterocycles. The van der Waals surface area contributed by atoms with Gasteiger partial charge in [0, 0.05) is 18.3 Å². The lowest BCUT2D eigenvalue weighted by atomic mass is 10.1. The number of carbonyl (C=O) groups excluding carboxylic acids is 2. The summed E-state index contributed by atoms with van der Waals surface area (Å²) < 4.78 is 5.08. The van der Waals surface area contributed by atoms with Gasteiger partial charge in [0.05, 0.1) is 19.2 Å². The Bertz CT molecular complexity index is 460. The molecular formula is C13H19N3O3. The van der Waals surface area contributed by atoms with Gasteiger partial charge < -0.3 is 21.1 Å². The molecule has 1 rings (SSSR count). The summed E-state index contributed by atoms with van der Waals surface area (Å²) >= 11 is 0. The lowest BCUT2D eigenvalue weighted by Gasteiger charge is -2.10. The summed E-state index contributed by atoms with van der Waals surface area (Å²) in [6, 6.07) is 4.73. The zero-order chi connectivity index (χ0) is 14.3. The van der Waals surface area contributed by atoms with Gasteiger partial charge in [0.25, 0.3) is 5.91 Å². The van der Waals surface area contributed by atoms with E-state index in [1.54, 1.807) is 18.2 Å². The van der Waals surface area contributed by atoms with Crippen LogP contribution in [0.25, 0.3) is 0 Å². The van der Waals surface area contributed by atoms with Crippen molar-refractivity contribution in [1.29, 1.82) is 0 Å². The van der Waals surface area contributed by atoms with Crippen molar-refractivity contribution in [3.05, 3.63) is 23.8 Å². The maximum absolute atomic E-state index is 11.9. The smallest absolute Gasteiger partial charge is 0.255 e. The summed E-state index contributed by atoms with van der Waals surface area (Å²) in [6.07, 6.45) is 0.853. The predicted octanol–water partition coefficient (Wildman–Crippen LogP) is 0.533. The number of nitrogen functional groups attached to an aromatic ring is 1. The van der Waals surface area contributed by atoms with Crippen LogP contribution in [0.15, 0.2) is 18.2 Å². The van der Waals surface area contributed by atoms with Gasteiger partial charge in [0.1, 0.15) is 5.75 Å². The van der Waals surface area contributed by atoms with Gasteiger partial charge >= 0.3 is 0 Å². The average Bonchev–Trinajstić information content (AvgIpc) is 2.42. The van der Waals surface area contributed by atoms with Gasteiger partial charge in [-0.2, -0.15) is 0 Å².